The summed E-state index contributed by atoms with van der Waals surface area (Å²) >= 11 is 0. The van der Waals surface area contributed by atoms with E-state index in [-0.39, 0.29) is 25.4 Å². The first kappa shape index (κ1) is 33.5. The number of carbonyl (C=O) groups is 3. The van der Waals surface area contributed by atoms with Crippen molar-refractivity contribution in [1.29, 1.82) is 0 Å². The Kier molecular flexibility index (Phi) is 20.9. The van der Waals surface area contributed by atoms with Crippen LogP contribution < -0.4 is 5.32 Å². The summed E-state index contributed by atoms with van der Waals surface area (Å²) < 4.78 is 25.8. The molecule has 11 heteroatoms. The molecule has 0 aromatic heterocycles. The van der Waals surface area contributed by atoms with Gasteiger partial charge in [0.2, 0.25) is 5.91 Å². The molecule has 0 rings (SSSR count). The van der Waals surface area contributed by atoms with Crippen molar-refractivity contribution in [3.8, 4) is 0 Å². The Morgan fingerprint density at radius 1 is 0.771 bits per heavy atom. The molecule has 1 atom stereocenters. The first-order chi connectivity index (χ1) is 16.6. The fourth-order valence-corrected chi connectivity index (χ4v) is 3.75. The van der Waals surface area contributed by atoms with Gasteiger partial charge in [-0.05, 0) is 19.3 Å². The number of ether oxygens (including phenoxy) is 2. The van der Waals surface area contributed by atoms with Crippen molar-refractivity contribution in [2.24, 2.45) is 0 Å². The number of phosphoric ester groups is 1. The Hall–Kier alpha value is -1.48. The maximum atomic E-state index is 12.0. The topological polar surface area (TPSA) is 148 Å². The van der Waals surface area contributed by atoms with Crippen LogP contribution in [0, 0.1) is 0 Å². The Balaban J connectivity index is 4.02. The Morgan fingerprint density at radius 2 is 1.29 bits per heavy atom. The van der Waals surface area contributed by atoms with E-state index in [0.717, 1.165) is 77.2 Å². The number of hydrogen-bond donors (Lipinski definition) is 3. The normalized spacial score (nSPS) is 12.2. The zero-order chi connectivity index (χ0) is 26.4. The van der Waals surface area contributed by atoms with Gasteiger partial charge >= 0.3 is 19.8 Å². The average Bonchev–Trinajstić information content (AvgIpc) is 2.78. The van der Waals surface area contributed by atoms with Gasteiger partial charge in [-0.3, -0.25) is 18.9 Å². The minimum absolute atomic E-state index is 0.00250. The molecule has 0 bridgehead atoms. The van der Waals surface area contributed by atoms with Crippen molar-refractivity contribution >= 4 is 25.7 Å². The summed E-state index contributed by atoms with van der Waals surface area (Å²) in [6.45, 7) is 3.48. The number of amides is 1. The van der Waals surface area contributed by atoms with Crippen molar-refractivity contribution in [3.63, 3.8) is 0 Å². The van der Waals surface area contributed by atoms with E-state index in [1.165, 1.54) is 6.92 Å². The Bertz CT molecular complexity index is 624. The van der Waals surface area contributed by atoms with E-state index in [0.29, 0.717) is 12.8 Å². The van der Waals surface area contributed by atoms with Crippen LogP contribution in [0.3, 0.4) is 0 Å². The molecule has 0 aliphatic heterocycles. The molecule has 1 amide bonds. The number of esters is 2. The number of unbranched alkanes of at least 4 members (excludes halogenated alkanes) is 11. The van der Waals surface area contributed by atoms with Crippen molar-refractivity contribution < 1.29 is 42.7 Å². The summed E-state index contributed by atoms with van der Waals surface area (Å²) in [6.07, 6.45) is 12.2. The number of phosphoric acid groups is 1. The summed E-state index contributed by atoms with van der Waals surface area (Å²) in [4.78, 5) is 52.6. The van der Waals surface area contributed by atoms with Gasteiger partial charge in [0.1, 0.15) is 6.61 Å². The van der Waals surface area contributed by atoms with Gasteiger partial charge in [-0.2, -0.15) is 0 Å². The second-order valence-corrected chi connectivity index (χ2v) is 10.0. The molecule has 206 valence electrons. The van der Waals surface area contributed by atoms with E-state index in [1.54, 1.807) is 0 Å². The van der Waals surface area contributed by atoms with Crippen LogP contribution in [0.4, 0.5) is 0 Å². The minimum atomic E-state index is -4.74. The molecule has 0 saturated heterocycles. The lowest BCUT2D eigenvalue weighted by Gasteiger charge is -2.18. The molecule has 0 aliphatic carbocycles. The maximum Gasteiger partial charge on any atom is 0.469 e. The number of carbonyl (C=O) groups excluding carboxylic acids is 3. The SMILES string of the molecule is CCCCCCCC(=O)O[C@H](COC(=O)CCCCCCCCCCNC(C)=O)COP(=O)(O)O. The van der Waals surface area contributed by atoms with Gasteiger partial charge in [0.05, 0.1) is 6.61 Å². The summed E-state index contributed by atoms with van der Waals surface area (Å²) in [6, 6.07) is 0. The lowest BCUT2D eigenvalue weighted by molar-refractivity contribution is -0.161. The summed E-state index contributed by atoms with van der Waals surface area (Å²) in [5.74, 6) is -0.950. The highest BCUT2D eigenvalue weighted by atomic mass is 31.2. The second-order valence-electron chi connectivity index (χ2n) is 8.81. The van der Waals surface area contributed by atoms with Crippen LogP contribution in [0.15, 0.2) is 0 Å². The number of hydrogen-bond acceptors (Lipinski definition) is 7. The van der Waals surface area contributed by atoms with Crippen LogP contribution in [-0.4, -0.2) is 53.5 Å². The third-order valence-electron chi connectivity index (χ3n) is 5.32. The minimum Gasteiger partial charge on any atom is -0.462 e. The standard InChI is InChI=1S/C24H46NO9P/c1-3-4-5-10-14-17-24(28)34-22(20-33-35(29,30)31)19-32-23(27)16-13-11-8-6-7-9-12-15-18-25-21(2)26/h22H,3-20H2,1-2H3,(H,25,26)(H2,29,30,31)/t22-/m1/s1. The molecule has 0 aliphatic rings. The van der Waals surface area contributed by atoms with Crippen LogP contribution in [0.5, 0.6) is 0 Å². The van der Waals surface area contributed by atoms with Crippen LogP contribution in [0.25, 0.3) is 0 Å². The molecule has 0 aromatic carbocycles. The van der Waals surface area contributed by atoms with E-state index in [4.69, 9.17) is 19.3 Å². The van der Waals surface area contributed by atoms with E-state index >= 15 is 0 Å². The van der Waals surface area contributed by atoms with E-state index < -0.39 is 32.5 Å². The fraction of sp³-hybridized carbons (Fsp3) is 0.875. The third kappa shape index (κ3) is 25.4. The fourth-order valence-electron chi connectivity index (χ4n) is 3.39. The molecule has 35 heavy (non-hydrogen) atoms. The van der Waals surface area contributed by atoms with Crippen molar-refractivity contribution in [2.45, 2.75) is 116 Å². The molecule has 3 N–H and O–H groups in total. The van der Waals surface area contributed by atoms with Gasteiger partial charge in [-0.25, -0.2) is 4.57 Å². The summed E-state index contributed by atoms with van der Waals surface area (Å²) in [5, 5.41) is 2.78. The second kappa shape index (κ2) is 21.8. The highest BCUT2D eigenvalue weighted by molar-refractivity contribution is 7.46. The highest BCUT2D eigenvalue weighted by Gasteiger charge is 2.22. The molecule has 0 spiro atoms. The highest BCUT2D eigenvalue weighted by Crippen LogP contribution is 2.35. The summed E-state index contributed by atoms with van der Waals surface area (Å²) in [7, 11) is -4.74. The van der Waals surface area contributed by atoms with Crippen molar-refractivity contribution in [1.82, 2.24) is 5.32 Å². The lowest BCUT2D eigenvalue weighted by atomic mass is 10.1. The third-order valence-corrected chi connectivity index (χ3v) is 5.81. The predicted molar refractivity (Wildman–Crippen MR) is 132 cm³/mol. The Labute approximate surface area is 210 Å². The van der Waals surface area contributed by atoms with E-state index in [1.807, 2.05) is 0 Å². The van der Waals surface area contributed by atoms with Gasteiger partial charge in [-0.15, -0.1) is 0 Å². The van der Waals surface area contributed by atoms with Crippen molar-refractivity contribution in [2.75, 3.05) is 19.8 Å². The zero-order valence-electron chi connectivity index (χ0n) is 21.5. The smallest absolute Gasteiger partial charge is 0.462 e. The quantitative estimate of drug-likeness (QED) is 0.0995. The monoisotopic (exact) mass is 523 g/mol. The largest absolute Gasteiger partial charge is 0.469 e. The molecule has 0 saturated carbocycles. The zero-order valence-corrected chi connectivity index (χ0v) is 22.4. The van der Waals surface area contributed by atoms with E-state index in [2.05, 4.69) is 16.8 Å². The Morgan fingerprint density at radius 3 is 1.83 bits per heavy atom. The molecule has 0 unspecified atom stereocenters. The van der Waals surface area contributed by atoms with E-state index in [9.17, 15) is 18.9 Å². The predicted octanol–water partition coefficient (Wildman–Crippen LogP) is 4.56. The molecule has 0 heterocycles. The average molecular weight is 524 g/mol. The molecular formula is C24H46NO9P. The summed E-state index contributed by atoms with van der Waals surface area (Å²) in [5.41, 5.74) is 0. The van der Waals surface area contributed by atoms with Crippen LogP contribution in [-0.2, 0) is 32.9 Å². The maximum absolute atomic E-state index is 12.0. The first-order valence-electron chi connectivity index (χ1n) is 12.9. The molecule has 0 aromatic rings. The van der Waals surface area contributed by atoms with Gasteiger partial charge in [0.25, 0.3) is 0 Å². The van der Waals surface area contributed by atoms with Gasteiger partial charge in [0.15, 0.2) is 6.10 Å². The number of nitrogens with one attached hydrogen (secondary N) is 1. The van der Waals surface area contributed by atoms with Gasteiger partial charge in [-0.1, -0.05) is 71.1 Å². The van der Waals surface area contributed by atoms with Crippen LogP contribution >= 0.6 is 7.82 Å². The van der Waals surface area contributed by atoms with Gasteiger partial charge in [0, 0.05) is 26.3 Å². The number of rotatable bonds is 23. The van der Waals surface area contributed by atoms with Gasteiger partial charge < -0.3 is 24.6 Å². The van der Waals surface area contributed by atoms with Crippen LogP contribution in [0.2, 0.25) is 0 Å². The van der Waals surface area contributed by atoms with Crippen LogP contribution in [0.1, 0.15) is 110 Å². The molecule has 0 radical (unpaired) electrons. The van der Waals surface area contributed by atoms with Crippen molar-refractivity contribution in [3.05, 3.63) is 0 Å². The molecule has 0 fully saturated rings. The first-order valence-corrected chi connectivity index (χ1v) is 14.5. The lowest BCUT2D eigenvalue weighted by Crippen LogP contribution is -2.29. The molecule has 10 nitrogen and oxygen atoms in total. The molecular weight excluding hydrogens is 477 g/mol.